The molecule has 1 atom stereocenters. The number of hydrogen-bond donors (Lipinski definition) is 1. The molecule has 0 aromatic heterocycles. The highest BCUT2D eigenvalue weighted by Gasteiger charge is 2.30. The van der Waals surface area contributed by atoms with Crippen LogP contribution < -0.4 is 10.2 Å². The van der Waals surface area contributed by atoms with Crippen LogP contribution >= 0.6 is 0 Å². The minimum absolute atomic E-state index is 0.0464. The number of carbonyl (C=O) groups excluding carboxylic acids is 2. The molecule has 3 rings (SSSR count). The highest BCUT2D eigenvalue weighted by Crippen LogP contribution is 2.28. The van der Waals surface area contributed by atoms with E-state index in [0.717, 1.165) is 43.7 Å². The third kappa shape index (κ3) is 4.64. The lowest BCUT2D eigenvalue weighted by atomic mass is 10.1. The Balaban J connectivity index is 1.59. The predicted molar refractivity (Wildman–Crippen MR) is 104 cm³/mol. The zero-order valence-corrected chi connectivity index (χ0v) is 15.9. The van der Waals surface area contributed by atoms with Crippen LogP contribution in [0.25, 0.3) is 0 Å². The Morgan fingerprint density at radius 2 is 1.81 bits per heavy atom. The number of fused-ring (bicyclic) bond motifs is 1. The van der Waals surface area contributed by atoms with Gasteiger partial charge in [-0.2, -0.15) is 0 Å². The molecular formula is C21H31N3O2. The third-order valence-corrected chi connectivity index (χ3v) is 5.55. The lowest BCUT2D eigenvalue weighted by Crippen LogP contribution is -2.49. The fraction of sp³-hybridized carbons (Fsp3) is 0.619. The first kappa shape index (κ1) is 18.9. The maximum Gasteiger partial charge on any atom is 0.242 e. The normalized spacial score (nSPS) is 20.0. The fourth-order valence-corrected chi connectivity index (χ4v) is 4.03. The highest BCUT2D eigenvalue weighted by molar-refractivity contribution is 6.01. The van der Waals surface area contributed by atoms with Crippen LogP contribution in [0.4, 0.5) is 5.69 Å². The van der Waals surface area contributed by atoms with Gasteiger partial charge in [0, 0.05) is 25.2 Å². The number of likely N-dealkylation sites (tertiary alicyclic amines) is 1. The molecule has 1 saturated heterocycles. The van der Waals surface area contributed by atoms with Crippen LogP contribution in [0.2, 0.25) is 0 Å². The van der Waals surface area contributed by atoms with E-state index in [9.17, 15) is 9.59 Å². The fourth-order valence-electron chi connectivity index (χ4n) is 4.03. The molecule has 2 aliphatic rings. The smallest absolute Gasteiger partial charge is 0.242 e. The quantitative estimate of drug-likeness (QED) is 0.882. The summed E-state index contributed by atoms with van der Waals surface area (Å²) >= 11 is 0. The summed E-state index contributed by atoms with van der Waals surface area (Å²) in [6.07, 6.45) is 7.37. The Bertz CT molecular complexity index is 623. The maximum absolute atomic E-state index is 12.7. The van der Waals surface area contributed by atoms with Gasteiger partial charge in [-0.05, 0) is 57.3 Å². The number of rotatable bonds is 5. The second-order valence-corrected chi connectivity index (χ2v) is 7.47. The summed E-state index contributed by atoms with van der Waals surface area (Å²) in [6.45, 7) is 5.63. The monoisotopic (exact) mass is 357 g/mol. The Hall–Kier alpha value is -1.88. The van der Waals surface area contributed by atoms with Crippen molar-refractivity contribution in [3.63, 3.8) is 0 Å². The van der Waals surface area contributed by atoms with Gasteiger partial charge in [-0.3, -0.25) is 14.5 Å². The second kappa shape index (κ2) is 9.17. The molecule has 1 N–H and O–H groups in total. The standard InChI is InChI=1S/C21H31N3O2/c1-17(21(26)22-13-16-23-14-6-2-3-7-15-23)24-19-11-5-4-9-18(19)10-8-12-20(24)25/h4-5,9,11,17H,2-3,6-8,10,12-16H2,1H3,(H,22,26). The Kier molecular flexibility index (Phi) is 6.67. The molecule has 1 fully saturated rings. The molecule has 1 aromatic rings. The molecule has 1 unspecified atom stereocenters. The summed E-state index contributed by atoms with van der Waals surface area (Å²) in [5.74, 6) is -0.0185. The molecule has 0 saturated carbocycles. The number of anilines is 1. The molecule has 5 heteroatoms. The average molecular weight is 357 g/mol. The van der Waals surface area contributed by atoms with Crippen molar-refractivity contribution in [2.45, 2.75) is 57.9 Å². The topological polar surface area (TPSA) is 52.7 Å². The van der Waals surface area contributed by atoms with E-state index < -0.39 is 6.04 Å². The van der Waals surface area contributed by atoms with Crippen LogP contribution in [0.15, 0.2) is 24.3 Å². The van der Waals surface area contributed by atoms with Gasteiger partial charge in [0.1, 0.15) is 6.04 Å². The zero-order chi connectivity index (χ0) is 18.4. The maximum atomic E-state index is 12.7. The van der Waals surface area contributed by atoms with Crippen molar-refractivity contribution in [3.8, 4) is 0 Å². The van der Waals surface area contributed by atoms with Crippen molar-refractivity contribution in [3.05, 3.63) is 29.8 Å². The van der Waals surface area contributed by atoms with E-state index >= 15 is 0 Å². The van der Waals surface area contributed by atoms with Crippen molar-refractivity contribution in [2.24, 2.45) is 0 Å². The van der Waals surface area contributed by atoms with Gasteiger partial charge in [0.25, 0.3) is 0 Å². The molecule has 2 aliphatic heterocycles. The number of carbonyl (C=O) groups is 2. The molecule has 0 bridgehead atoms. The average Bonchev–Trinajstić information content (AvgIpc) is 2.99. The van der Waals surface area contributed by atoms with Crippen LogP contribution in [0, 0.1) is 0 Å². The van der Waals surface area contributed by atoms with E-state index in [1.807, 2.05) is 25.1 Å². The van der Waals surface area contributed by atoms with Gasteiger partial charge < -0.3 is 10.2 Å². The molecular weight excluding hydrogens is 326 g/mol. The summed E-state index contributed by atoms with van der Waals surface area (Å²) in [7, 11) is 0. The van der Waals surface area contributed by atoms with Crippen LogP contribution in [0.1, 0.15) is 51.0 Å². The van der Waals surface area contributed by atoms with E-state index in [1.54, 1.807) is 4.90 Å². The number of nitrogens with one attached hydrogen (secondary N) is 1. The number of amides is 2. The van der Waals surface area contributed by atoms with Crippen molar-refractivity contribution < 1.29 is 9.59 Å². The Labute approximate surface area is 156 Å². The molecule has 2 heterocycles. The predicted octanol–water partition coefficient (Wildman–Crippen LogP) is 2.74. The van der Waals surface area contributed by atoms with Crippen molar-refractivity contribution in [1.82, 2.24) is 10.2 Å². The van der Waals surface area contributed by atoms with Gasteiger partial charge in [-0.15, -0.1) is 0 Å². The molecule has 26 heavy (non-hydrogen) atoms. The van der Waals surface area contributed by atoms with Crippen LogP contribution in [0.3, 0.4) is 0 Å². The number of benzene rings is 1. The number of nitrogens with zero attached hydrogens (tertiary/aromatic N) is 2. The first-order chi connectivity index (χ1) is 12.7. The van der Waals surface area contributed by atoms with Gasteiger partial charge >= 0.3 is 0 Å². The largest absolute Gasteiger partial charge is 0.353 e. The number of para-hydroxylation sites is 1. The summed E-state index contributed by atoms with van der Waals surface area (Å²) in [5, 5.41) is 3.04. The van der Waals surface area contributed by atoms with E-state index in [1.165, 1.54) is 25.7 Å². The first-order valence-corrected chi connectivity index (χ1v) is 10.1. The minimum atomic E-state index is -0.481. The highest BCUT2D eigenvalue weighted by atomic mass is 16.2. The Morgan fingerprint density at radius 1 is 1.08 bits per heavy atom. The first-order valence-electron chi connectivity index (χ1n) is 10.1. The Morgan fingerprint density at radius 3 is 2.58 bits per heavy atom. The van der Waals surface area contributed by atoms with Crippen molar-refractivity contribution in [2.75, 3.05) is 31.1 Å². The van der Waals surface area contributed by atoms with Gasteiger partial charge in [-0.1, -0.05) is 31.0 Å². The van der Waals surface area contributed by atoms with Crippen LogP contribution in [0.5, 0.6) is 0 Å². The van der Waals surface area contributed by atoms with E-state index in [0.29, 0.717) is 13.0 Å². The zero-order valence-electron chi connectivity index (χ0n) is 15.9. The minimum Gasteiger partial charge on any atom is -0.353 e. The molecule has 1 aromatic carbocycles. The lowest BCUT2D eigenvalue weighted by molar-refractivity contribution is -0.126. The SMILES string of the molecule is CC(C(=O)NCCN1CCCCCC1)N1C(=O)CCCc2ccccc21. The summed E-state index contributed by atoms with van der Waals surface area (Å²) in [5.41, 5.74) is 2.05. The number of aryl methyl sites for hydroxylation is 1. The lowest BCUT2D eigenvalue weighted by Gasteiger charge is -2.29. The van der Waals surface area contributed by atoms with Gasteiger partial charge in [0.05, 0.1) is 0 Å². The van der Waals surface area contributed by atoms with Gasteiger partial charge in [-0.25, -0.2) is 0 Å². The molecule has 0 radical (unpaired) electrons. The summed E-state index contributed by atoms with van der Waals surface area (Å²) < 4.78 is 0. The summed E-state index contributed by atoms with van der Waals surface area (Å²) in [6, 6.07) is 7.48. The van der Waals surface area contributed by atoms with Crippen LogP contribution in [-0.4, -0.2) is 48.9 Å². The van der Waals surface area contributed by atoms with Crippen molar-refractivity contribution in [1.29, 1.82) is 0 Å². The van der Waals surface area contributed by atoms with E-state index in [2.05, 4.69) is 16.3 Å². The van der Waals surface area contributed by atoms with Gasteiger partial charge in [0.2, 0.25) is 11.8 Å². The molecule has 142 valence electrons. The second-order valence-electron chi connectivity index (χ2n) is 7.47. The van der Waals surface area contributed by atoms with E-state index in [4.69, 9.17) is 0 Å². The third-order valence-electron chi connectivity index (χ3n) is 5.55. The van der Waals surface area contributed by atoms with Gasteiger partial charge in [0.15, 0.2) is 0 Å². The molecule has 0 spiro atoms. The van der Waals surface area contributed by atoms with E-state index in [-0.39, 0.29) is 11.8 Å². The van der Waals surface area contributed by atoms with Crippen LogP contribution in [-0.2, 0) is 16.0 Å². The summed E-state index contributed by atoms with van der Waals surface area (Å²) in [4.78, 5) is 29.4. The number of hydrogen-bond acceptors (Lipinski definition) is 3. The molecule has 5 nitrogen and oxygen atoms in total. The molecule has 0 aliphatic carbocycles. The molecule has 2 amide bonds. The van der Waals surface area contributed by atoms with Crippen molar-refractivity contribution >= 4 is 17.5 Å².